The summed E-state index contributed by atoms with van der Waals surface area (Å²) < 4.78 is 32.9. The van der Waals surface area contributed by atoms with Gasteiger partial charge in [-0.1, -0.05) is 149 Å². The Kier molecular flexibility index (Phi) is 38.8. The van der Waals surface area contributed by atoms with Crippen LogP contribution in [-0.4, -0.2) is 159 Å². The van der Waals surface area contributed by atoms with E-state index >= 15 is 0 Å². The summed E-state index contributed by atoms with van der Waals surface area (Å²) in [6.07, 6.45) is 15.3. The zero-order chi connectivity index (χ0) is 72.4. The Morgan fingerprint density at radius 2 is 0.980 bits per heavy atom. The maximum atomic E-state index is 12.3. The summed E-state index contributed by atoms with van der Waals surface area (Å²) in [5, 5.41) is 53.2. The third-order valence-corrected chi connectivity index (χ3v) is 14.1. The molecule has 3 aromatic carbocycles. The molecule has 0 saturated carbocycles. The van der Waals surface area contributed by atoms with Crippen molar-refractivity contribution < 1.29 is 61.9 Å². The van der Waals surface area contributed by atoms with Crippen LogP contribution in [0.15, 0.2) is 176 Å². The molecule has 0 aliphatic carbocycles. The second-order valence-corrected chi connectivity index (χ2v) is 22.2. The Morgan fingerprint density at radius 1 is 0.574 bits per heavy atom. The topological polar surface area (TPSA) is 383 Å². The molecule has 12 rings (SSSR count). The van der Waals surface area contributed by atoms with E-state index in [0.29, 0.717) is 42.6 Å². The van der Waals surface area contributed by atoms with Crippen molar-refractivity contribution in [1.82, 2.24) is 60.2 Å². The number of nitrogens with two attached hydrogens (primary N) is 1. The summed E-state index contributed by atoms with van der Waals surface area (Å²) in [7, 11) is 0. The highest BCUT2D eigenvalue weighted by Gasteiger charge is 2.21. The first-order valence-corrected chi connectivity index (χ1v) is 32.9. The van der Waals surface area contributed by atoms with Gasteiger partial charge in [0.1, 0.15) is 0 Å². The standard InChI is InChI=1S/C18H19N5O2.C14H11ClN4O2.C10H11N3.C6H6ClNO3.C6H15N.C4H2ClNO3.C4H6ClNO3.C4H9N.ClH/c24-18(16-10-17(25-21-16)22-8-4-5-9-22)20-15-11-19-23(13-15)12-14-6-2-1-3-7-14;15-13-6-12(18-21-13)14(20)17-11-7-16-19(9-11)8-10-4-2-1-3-5-10;11-10-6-12-13(8-10)7-9-4-2-1-3-5-9;1-2-10-6(9)4-3-5(7)11-8-4;1-4-7(5-2)6-3;5-3-1-2(4(7)8)6-9-3;1-2-9-4(7)3(5)6-8;1-2-4-5-3-1;/h1-3,6-7,10-11,13H,4-5,8-9,12H2,(H,20,24);1-7,9H,8H2,(H,17,20);1-6,8H,7,11H2;3H,2H2,1H3;4-6H2,1-3H3;1H,(H,7,8);8H,2H2,1H3;5H,1-4H2;1H/b;;;;;;6-3-;;. The number of carbonyl (C=O) groups is 5. The van der Waals surface area contributed by atoms with Crippen molar-refractivity contribution in [2.75, 3.05) is 80.3 Å². The van der Waals surface area contributed by atoms with Gasteiger partial charge in [0.15, 0.2) is 22.8 Å². The number of esters is 2. The molecule has 30 nitrogen and oxygen atoms in total. The first kappa shape index (κ1) is 83.3. The molecule has 9 heterocycles. The van der Waals surface area contributed by atoms with Crippen molar-refractivity contribution in [3.05, 3.63) is 208 Å². The van der Waals surface area contributed by atoms with Crippen LogP contribution in [0, 0.1) is 0 Å². The van der Waals surface area contributed by atoms with Gasteiger partial charge in [0.25, 0.3) is 17.0 Å². The lowest BCUT2D eigenvalue weighted by molar-refractivity contribution is -0.134. The molecule has 0 spiro atoms. The number of ether oxygens (including phenoxy) is 2. The Morgan fingerprint density at radius 3 is 1.33 bits per heavy atom. The number of nitrogens with one attached hydrogen (secondary N) is 3. The van der Waals surface area contributed by atoms with E-state index in [1.165, 1.54) is 63.3 Å². The van der Waals surface area contributed by atoms with Gasteiger partial charge in [0, 0.05) is 55.9 Å². The van der Waals surface area contributed by atoms with Crippen molar-refractivity contribution >= 4 is 117 Å². The molecular weight excluding hydrogens is 1420 g/mol. The van der Waals surface area contributed by atoms with Crippen LogP contribution >= 0.6 is 58.8 Å². The fourth-order valence-corrected chi connectivity index (χ4v) is 8.92. The minimum atomic E-state index is -1.15. The number of halogens is 5. The third-order valence-electron chi connectivity index (χ3n) is 13.4. The summed E-state index contributed by atoms with van der Waals surface area (Å²) in [6.45, 7) is 20.4. The molecule has 2 saturated heterocycles. The van der Waals surface area contributed by atoms with E-state index < -0.39 is 29.0 Å². The van der Waals surface area contributed by atoms with Crippen molar-refractivity contribution in [2.45, 2.75) is 79.9 Å². The van der Waals surface area contributed by atoms with Crippen molar-refractivity contribution in [2.24, 2.45) is 5.16 Å². The molecule has 2 aliphatic rings. The maximum absolute atomic E-state index is 12.3. The molecular formula is C66H80Cl5N17O13. The number of amides is 2. The summed E-state index contributed by atoms with van der Waals surface area (Å²) in [5.41, 5.74) is 11.3. The highest BCUT2D eigenvalue weighted by molar-refractivity contribution is 6.81. The van der Waals surface area contributed by atoms with Crippen LogP contribution in [0.2, 0.25) is 15.7 Å². The lowest BCUT2D eigenvalue weighted by Gasteiger charge is -2.13. The van der Waals surface area contributed by atoms with Gasteiger partial charge in [-0.2, -0.15) is 15.3 Å². The van der Waals surface area contributed by atoms with Crippen LogP contribution in [0.5, 0.6) is 0 Å². The summed E-state index contributed by atoms with van der Waals surface area (Å²) in [5.74, 6) is -2.53. The average Bonchev–Trinajstić information content (AvgIpc) is 1.71. The number of carbonyl (C=O) groups excluding carboxylic acids is 4. The first-order valence-electron chi connectivity index (χ1n) is 31.4. The lowest BCUT2D eigenvalue weighted by atomic mass is 10.2. The number of anilines is 4. The highest BCUT2D eigenvalue weighted by atomic mass is 35.5. The number of aromatic carboxylic acids is 1. The Balaban J connectivity index is 0.000000257. The van der Waals surface area contributed by atoms with Gasteiger partial charge in [-0.3, -0.25) is 23.6 Å². The molecule has 2 amide bonds. The summed E-state index contributed by atoms with van der Waals surface area (Å²) >= 11 is 21.2. The van der Waals surface area contributed by atoms with Crippen molar-refractivity contribution in [3.8, 4) is 0 Å². The van der Waals surface area contributed by atoms with Crippen molar-refractivity contribution in [3.63, 3.8) is 0 Å². The number of aromatic nitrogens is 10. The number of hydrogen-bond acceptors (Lipinski definition) is 24. The quantitative estimate of drug-likeness (QED) is 0.0189. The molecule has 10 aromatic rings. The largest absolute Gasteiger partial charge is 0.476 e. The van der Waals surface area contributed by atoms with E-state index in [-0.39, 0.29) is 63.4 Å². The first-order chi connectivity index (χ1) is 48.3. The van der Waals surface area contributed by atoms with Crippen molar-refractivity contribution in [1.29, 1.82) is 0 Å². The number of rotatable bonds is 19. The van der Waals surface area contributed by atoms with Gasteiger partial charge in [-0.15, -0.1) is 12.4 Å². The molecule has 2 aliphatic heterocycles. The fourth-order valence-electron chi connectivity index (χ4n) is 8.45. The molecule has 35 heteroatoms. The monoisotopic (exact) mass is 1490 g/mol. The summed E-state index contributed by atoms with van der Waals surface area (Å²) in [6, 6.07) is 35.6. The van der Waals surface area contributed by atoms with Gasteiger partial charge in [-0.25, -0.2) is 14.4 Å². The minimum Gasteiger partial charge on any atom is -0.476 e. The second-order valence-electron chi connectivity index (χ2n) is 20.7. The van der Waals surface area contributed by atoms with Crippen LogP contribution in [0.25, 0.3) is 0 Å². The number of carboxylic acids is 1. The molecule has 0 bridgehead atoms. The van der Waals surface area contributed by atoms with Crippen LogP contribution in [0.4, 0.5) is 22.9 Å². The number of carboxylic acid groups (broad SMARTS) is 1. The van der Waals surface area contributed by atoms with Crippen LogP contribution in [-0.2, 0) is 33.9 Å². The zero-order valence-corrected chi connectivity index (χ0v) is 59.8. The maximum Gasteiger partial charge on any atom is 0.372 e. The second kappa shape index (κ2) is 47.1. The Hall–Kier alpha value is -10.1. The van der Waals surface area contributed by atoms with Gasteiger partial charge in [0.2, 0.25) is 21.5 Å². The predicted octanol–water partition coefficient (Wildman–Crippen LogP) is 12.4. The molecule has 7 N–H and O–H groups in total. The van der Waals surface area contributed by atoms with Crippen LogP contribution < -0.4 is 26.6 Å². The van der Waals surface area contributed by atoms with E-state index in [2.05, 4.69) is 123 Å². The smallest absolute Gasteiger partial charge is 0.372 e. The molecule has 0 atom stereocenters. The number of hydrogen-bond donors (Lipinski definition) is 6. The lowest BCUT2D eigenvalue weighted by Crippen LogP contribution is -2.21. The normalized spacial score (nSPS) is 11.7. The molecule has 7 aromatic heterocycles. The number of nitrogen functional groups attached to an aromatic ring is 1. The van der Waals surface area contributed by atoms with Crippen LogP contribution in [0.3, 0.4) is 0 Å². The summed E-state index contributed by atoms with van der Waals surface area (Å²) in [4.78, 5) is 59.9. The number of nitrogens with zero attached hydrogens (tertiary/aromatic N) is 13. The molecule has 0 radical (unpaired) electrons. The van der Waals surface area contributed by atoms with E-state index in [9.17, 15) is 24.0 Å². The van der Waals surface area contributed by atoms with E-state index in [1.54, 1.807) is 60.3 Å². The van der Waals surface area contributed by atoms with Gasteiger partial charge in [0.05, 0.1) is 68.5 Å². The fraction of sp³-hybridized carbons (Fsp3) is 0.318. The van der Waals surface area contributed by atoms with E-state index in [0.717, 1.165) is 49.7 Å². The number of oxime groups is 1. The van der Waals surface area contributed by atoms with E-state index in [1.807, 2.05) is 89.7 Å². The Bertz CT molecular complexity index is 3990. The molecule has 2 fully saturated rings. The predicted molar refractivity (Wildman–Crippen MR) is 384 cm³/mol. The van der Waals surface area contributed by atoms with Gasteiger partial charge >= 0.3 is 17.9 Å². The molecule has 0 unspecified atom stereocenters. The SMILES string of the molecule is C1CCNC1.CCN(CC)CC.CCOC(=O)/C(Cl)=N/O.CCOC(=O)c1cc(Cl)on1.Cl.Nc1cnn(Cc2ccccc2)c1.O=C(Nc1cnn(Cc2ccccc2)c1)c1cc(Cl)on1.O=C(Nc1cnn(Cc2ccccc2)c1)c1cc(N2CCCC2)on1.O=C(O)c1cc(Cl)on1. The third kappa shape index (κ3) is 32.2. The molecule has 101 heavy (non-hydrogen) atoms. The highest BCUT2D eigenvalue weighted by Crippen LogP contribution is 2.22. The van der Waals surface area contributed by atoms with Crippen LogP contribution in [0.1, 0.15) is 119 Å². The van der Waals surface area contributed by atoms with Gasteiger partial charge < -0.3 is 69.4 Å². The zero-order valence-electron chi connectivity index (χ0n) is 55.9. The Labute approximate surface area is 608 Å². The average molecular weight is 1500 g/mol. The number of benzene rings is 3. The minimum absolute atomic E-state index is 0. The van der Waals surface area contributed by atoms with Gasteiger partial charge in [-0.05, 0) is 124 Å². The molecule has 542 valence electrons. The van der Waals surface area contributed by atoms with E-state index in [4.69, 9.17) is 67.0 Å².